The summed E-state index contributed by atoms with van der Waals surface area (Å²) in [6.45, 7) is 7.69. The lowest BCUT2D eigenvalue weighted by Crippen LogP contribution is -2.10. The minimum atomic E-state index is -0.368. The molecule has 0 aliphatic heterocycles. The Bertz CT molecular complexity index is 1020. The number of halogens is 1. The van der Waals surface area contributed by atoms with Crippen molar-refractivity contribution >= 4 is 38.3 Å². The minimum absolute atomic E-state index is 0.0933. The van der Waals surface area contributed by atoms with Gasteiger partial charge in [-0.3, -0.25) is 10.1 Å². The lowest BCUT2D eigenvalue weighted by atomic mass is 10.0. The zero-order chi connectivity index (χ0) is 19.0. The topological polar surface area (TPSA) is 81.0 Å². The Morgan fingerprint density at radius 3 is 2.54 bits per heavy atom. The van der Waals surface area contributed by atoms with Gasteiger partial charge in [-0.05, 0) is 56.5 Å². The third kappa shape index (κ3) is 3.67. The molecule has 1 aromatic heterocycles. The van der Waals surface area contributed by atoms with E-state index in [4.69, 9.17) is 0 Å². The van der Waals surface area contributed by atoms with Crippen molar-refractivity contribution < 1.29 is 4.92 Å². The van der Waals surface area contributed by atoms with E-state index in [2.05, 4.69) is 31.2 Å². The summed E-state index contributed by atoms with van der Waals surface area (Å²) in [6.07, 6.45) is 0. The molecule has 2 aromatic carbocycles. The molecule has 0 amide bonds. The molecule has 0 saturated heterocycles. The summed E-state index contributed by atoms with van der Waals surface area (Å²) < 4.78 is 0.986. The first-order chi connectivity index (χ1) is 12.2. The van der Waals surface area contributed by atoms with Crippen LogP contribution in [0.3, 0.4) is 0 Å². The highest BCUT2D eigenvalue weighted by molar-refractivity contribution is 9.10. The van der Waals surface area contributed by atoms with Crippen LogP contribution in [0.1, 0.15) is 35.5 Å². The zero-order valence-corrected chi connectivity index (χ0v) is 16.6. The van der Waals surface area contributed by atoms with E-state index in [9.17, 15) is 10.1 Å². The van der Waals surface area contributed by atoms with Gasteiger partial charge in [0.1, 0.15) is 11.6 Å². The fourth-order valence-electron chi connectivity index (χ4n) is 2.92. The third-order valence-corrected chi connectivity index (χ3v) is 5.09. The molecular weight excluding hydrogens is 396 g/mol. The third-order valence-electron chi connectivity index (χ3n) is 4.24. The van der Waals surface area contributed by atoms with Gasteiger partial charge in [-0.25, -0.2) is 9.97 Å². The zero-order valence-electron chi connectivity index (χ0n) is 15.0. The number of rotatable bonds is 4. The number of aryl methyl sites for hydroxylation is 3. The largest absolute Gasteiger partial charge is 0.363 e. The van der Waals surface area contributed by atoms with Gasteiger partial charge >= 0.3 is 0 Å². The van der Waals surface area contributed by atoms with Gasteiger partial charge < -0.3 is 5.32 Å². The number of nitrogens with zero attached hydrogens (tertiary/aromatic N) is 3. The maximum atomic E-state index is 11.1. The van der Waals surface area contributed by atoms with Crippen LogP contribution in [0, 0.1) is 30.9 Å². The molecule has 0 aliphatic rings. The summed E-state index contributed by atoms with van der Waals surface area (Å²) in [5, 5.41) is 15.4. The van der Waals surface area contributed by atoms with E-state index in [1.165, 1.54) is 0 Å². The summed E-state index contributed by atoms with van der Waals surface area (Å²) in [4.78, 5) is 19.8. The molecule has 0 spiro atoms. The Morgan fingerprint density at radius 1 is 1.12 bits per heavy atom. The normalized spacial score (nSPS) is 12.2. The average Bonchev–Trinajstić information content (AvgIpc) is 2.56. The van der Waals surface area contributed by atoms with Crippen LogP contribution < -0.4 is 5.32 Å². The monoisotopic (exact) mass is 414 g/mol. The van der Waals surface area contributed by atoms with Gasteiger partial charge in [-0.2, -0.15) is 0 Å². The Morgan fingerprint density at radius 2 is 1.85 bits per heavy atom. The van der Waals surface area contributed by atoms with Crippen molar-refractivity contribution in [2.45, 2.75) is 33.7 Å². The summed E-state index contributed by atoms with van der Waals surface area (Å²) >= 11 is 3.56. The maximum Gasteiger partial charge on any atom is 0.270 e. The van der Waals surface area contributed by atoms with E-state index in [1.54, 1.807) is 12.1 Å². The predicted octanol–water partition coefficient (Wildman–Crippen LogP) is 5.40. The Balaban J connectivity index is 2.03. The number of anilines is 1. The first-order valence-electron chi connectivity index (χ1n) is 8.21. The summed E-state index contributed by atoms with van der Waals surface area (Å²) in [5.41, 5.74) is 3.75. The number of nitrogens with one attached hydrogen (secondary N) is 1. The summed E-state index contributed by atoms with van der Waals surface area (Å²) in [6, 6.07) is 8.98. The van der Waals surface area contributed by atoms with Crippen LogP contribution in [0.5, 0.6) is 0 Å². The number of aromatic nitrogens is 2. The van der Waals surface area contributed by atoms with Crippen molar-refractivity contribution in [3.05, 3.63) is 67.4 Å². The van der Waals surface area contributed by atoms with Gasteiger partial charge in [0.15, 0.2) is 0 Å². The van der Waals surface area contributed by atoms with E-state index < -0.39 is 0 Å². The quantitative estimate of drug-likeness (QED) is 0.456. The fraction of sp³-hybridized carbons (Fsp3) is 0.263. The molecule has 1 atom stereocenters. The summed E-state index contributed by atoms with van der Waals surface area (Å²) in [7, 11) is 0. The van der Waals surface area contributed by atoms with E-state index in [0.29, 0.717) is 11.6 Å². The number of nitro benzene ring substituents is 1. The van der Waals surface area contributed by atoms with Crippen LogP contribution in [0.4, 0.5) is 11.5 Å². The second kappa shape index (κ2) is 6.99. The van der Waals surface area contributed by atoms with Crippen LogP contribution >= 0.6 is 15.9 Å². The van der Waals surface area contributed by atoms with Crippen molar-refractivity contribution in [1.29, 1.82) is 0 Å². The van der Waals surface area contributed by atoms with Crippen molar-refractivity contribution in [2.75, 3.05) is 5.32 Å². The molecule has 0 unspecified atom stereocenters. The SMILES string of the molecule is Cc1cc([C@@H](C)Nc2nc(C)nc3cc(C)c(Br)cc23)cc([N+](=O)[O-])c1. The second-order valence-corrected chi connectivity index (χ2v) is 7.32. The smallest absolute Gasteiger partial charge is 0.270 e. The lowest BCUT2D eigenvalue weighted by molar-refractivity contribution is -0.385. The average molecular weight is 415 g/mol. The fourth-order valence-corrected chi connectivity index (χ4v) is 3.26. The van der Waals surface area contributed by atoms with Gasteiger partial charge in [0, 0.05) is 22.0 Å². The van der Waals surface area contributed by atoms with Crippen LogP contribution in [0.15, 0.2) is 34.8 Å². The highest BCUT2D eigenvalue weighted by Crippen LogP contribution is 2.30. The van der Waals surface area contributed by atoms with Crippen LogP contribution in [0.25, 0.3) is 10.9 Å². The predicted molar refractivity (Wildman–Crippen MR) is 107 cm³/mol. The molecule has 0 radical (unpaired) electrons. The first kappa shape index (κ1) is 18.3. The molecule has 7 heteroatoms. The van der Waals surface area contributed by atoms with E-state index in [-0.39, 0.29) is 16.7 Å². The Hall–Kier alpha value is -2.54. The molecule has 1 N–H and O–H groups in total. The number of hydrogen-bond acceptors (Lipinski definition) is 5. The minimum Gasteiger partial charge on any atom is -0.363 e. The maximum absolute atomic E-state index is 11.1. The molecule has 3 aromatic rings. The first-order valence-corrected chi connectivity index (χ1v) is 9.01. The van der Waals surface area contributed by atoms with Gasteiger partial charge in [-0.1, -0.05) is 22.0 Å². The van der Waals surface area contributed by atoms with E-state index >= 15 is 0 Å². The van der Waals surface area contributed by atoms with Gasteiger partial charge in [0.25, 0.3) is 5.69 Å². The van der Waals surface area contributed by atoms with Crippen LogP contribution in [-0.2, 0) is 0 Å². The Labute approximate surface area is 160 Å². The molecule has 0 fully saturated rings. The molecule has 0 aliphatic carbocycles. The number of fused-ring (bicyclic) bond motifs is 1. The molecule has 26 heavy (non-hydrogen) atoms. The van der Waals surface area contributed by atoms with Crippen molar-refractivity contribution in [3.63, 3.8) is 0 Å². The molecular formula is C19H19BrN4O2. The van der Waals surface area contributed by atoms with Crippen molar-refractivity contribution in [2.24, 2.45) is 0 Å². The van der Waals surface area contributed by atoms with Crippen LogP contribution in [-0.4, -0.2) is 14.9 Å². The van der Waals surface area contributed by atoms with E-state index in [0.717, 1.165) is 32.1 Å². The van der Waals surface area contributed by atoms with Gasteiger partial charge in [-0.15, -0.1) is 0 Å². The standard InChI is InChI=1S/C19H19BrN4O2/c1-10-5-14(8-15(6-10)24(25)26)12(3)21-19-16-9-17(20)11(2)7-18(16)22-13(4)23-19/h5-9,12H,1-4H3,(H,21,22,23)/t12-/m1/s1. The molecule has 0 saturated carbocycles. The number of non-ortho nitro benzene ring substituents is 1. The second-order valence-electron chi connectivity index (χ2n) is 6.46. The molecule has 6 nitrogen and oxygen atoms in total. The van der Waals surface area contributed by atoms with Crippen molar-refractivity contribution in [1.82, 2.24) is 9.97 Å². The van der Waals surface area contributed by atoms with Gasteiger partial charge in [0.05, 0.1) is 16.5 Å². The highest BCUT2D eigenvalue weighted by atomic mass is 79.9. The number of benzene rings is 2. The van der Waals surface area contributed by atoms with E-state index in [1.807, 2.05) is 45.9 Å². The van der Waals surface area contributed by atoms with Crippen LogP contribution in [0.2, 0.25) is 0 Å². The Kier molecular flexibility index (Phi) is 4.91. The molecule has 134 valence electrons. The molecule has 3 rings (SSSR count). The summed E-state index contributed by atoms with van der Waals surface area (Å²) in [5.74, 6) is 1.38. The van der Waals surface area contributed by atoms with Gasteiger partial charge in [0.2, 0.25) is 0 Å². The lowest BCUT2D eigenvalue weighted by Gasteiger charge is -2.17. The molecule has 1 heterocycles. The number of nitro groups is 1. The van der Waals surface area contributed by atoms with Crippen molar-refractivity contribution in [3.8, 4) is 0 Å². The highest BCUT2D eigenvalue weighted by Gasteiger charge is 2.15. The molecule has 0 bridgehead atoms. The number of hydrogen-bond donors (Lipinski definition) is 1.